The van der Waals surface area contributed by atoms with Crippen LogP contribution in [0.2, 0.25) is 0 Å². The number of rotatable bonds is 2. The topological polar surface area (TPSA) is 47.3 Å². The summed E-state index contributed by atoms with van der Waals surface area (Å²) >= 11 is 0. The zero-order valence-corrected chi connectivity index (χ0v) is 9.60. The first-order valence-electron chi connectivity index (χ1n) is 4.49. The number of aryl methyl sites for hydroxylation is 1. The Hall–Kier alpha value is -1.00. The highest BCUT2D eigenvalue weighted by Crippen LogP contribution is 2.31. The van der Waals surface area contributed by atoms with E-state index in [0.717, 1.165) is 5.39 Å². The van der Waals surface area contributed by atoms with Crippen molar-refractivity contribution in [3.63, 3.8) is 0 Å². The molecular formula is C10H9ClO3S. The minimum absolute atomic E-state index is 0.132. The molecule has 0 bridgehead atoms. The quantitative estimate of drug-likeness (QED) is 0.763. The third-order valence-corrected chi connectivity index (χ3v) is 3.43. The number of furan rings is 1. The summed E-state index contributed by atoms with van der Waals surface area (Å²) in [6, 6.07) is 7.17. The Balaban J connectivity index is 2.87. The lowest BCUT2D eigenvalue weighted by molar-refractivity contribution is 0.481. The molecule has 0 atom stereocenters. The van der Waals surface area contributed by atoms with E-state index >= 15 is 0 Å². The average Bonchev–Trinajstić information content (AvgIpc) is 2.55. The van der Waals surface area contributed by atoms with Crippen molar-refractivity contribution < 1.29 is 12.8 Å². The van der Waals surface area contributed by atoms with Crippen molar-refractivity contribution in [1.82, 2.24) is 0 Å². The Morgan fingerprint density at radius 3 is 2.60 bits per heavy atom. The molecule has 2 rings (SSSR count). The third-order valence-electron chi connectivity index (χ3n) is 2.24. The van der Waals surface area contributed by atoms with Gasteiger partial charge >= 0.3 is 0 Å². The molecule has 0 radical (unpaired) electrons. The Morgan fingerprint density at radius 2 is 2.00 bits per heavy atom. The van der Waals surface area contributed by atoms with Gasteiger partial charge in [0.15, 0.2) is 0 Å². The van der Waals surface area contributed by atoms with Crippen LogP contribution in [-0.4, -0.2) is 8.42 Å². The molecule has 0 aliphatic heterocycles. The molecule has 0 aliphatic rings. The van der Waals surface area contributed by atoms with E-state index in [9.17, 15) is 8.42 Å². The lowest BCUT2D eigenvalue weighted by atomic mass is 10.1. The van der Waals surface area contributed by atoms with Crippen LogP contribution < -0.4 is 0 Å². The minimum atomic E-state index is -3.80. The summed E-state index contributed by atoms with van der Waals surface area (Å²) in [5, 5.41) is 0.673. The van der Waals surface area contributed by atoms with E-state index < -0.39 is 9.05 Å². The largest absolute Gasteiger partial charge is 0.443 e. The second-order valence-corrected chi connectivity index (χ2v) is 5.62. The van der Waals surface area contributed by atoms with Crippen molar-refractivity contribution >= 4 is 30.7 Å². The summed E-state index contributed by atoms with van der Waals surface area (Å²) in [7, 11) is 1.49. The molecule has 0 aliphatic carbocycles. The zero-order valence-electron chi connectivity index (χ0n) is 8.03. The molecule has 1 aromatic heterocycles. The highest BCUT2D eigenvalue weighted by atomic mass is 35.7. The first-order chi connectivity index (χ1) is 7.04. The van der Waals surface area contributed by atoms with Gasteiger partial charge < -0.3 is 4.42 Å². The van der Waals surface area contributed by atoms with Crippen molar-refractivity contribution in [2.75, 3.05) is 0 Å². The minimum Gasteiger partial charge on any atom is -0.443 e. The van der Waals surface area contributed by atoms with Gasteiger partial charge in [0.2, 0.25) is 5.09 Å². The first kappa shape index (κ1) is 10.5. The molecule has 0 N–H and O–H groups in total. The predicted octanol–water partition coefficient (Wildman–Crippen LogP) is 2.92. The summed E-state index contributed by atoms with van der Waals surface area (Å²) < 4.78 is 27.7. The number of halogens is 1. The van der Waals surface area contributed by atoms with Gasteiger partial charge in [-0.2, -0.15) is 0 Å². The zero-order chi connectivity index (χ0) is 11.1. The number of fused-ring (bicyclic) bond motifs is 1. The van der Waals surface area contributed by atoms with Crippen molar-refractivity contribution in [2.45, 2.75) is 18.4 Å². The summed E-state index contributed by atoms with van der Waals surface area (Å²) in [4.78, 5) is 0. The van der Waals surface area contributed by atoms with Gasteiger partial charge in [-0.1, -0.05) is 25.1 Å². The highest BCUT2D eigenvalue weighted by Gasteiger charge is 2.22. The molecule has 5 heteroatoms. The molecule has 0 unspecified atom stereocenters. The van der Waals surface area contributed by atoms with E-state index in [1.807, 2.05) is 19.1 Å². The Kier molecular flexibility index (Phi) is 2.48. The Morgan fingerprint density at radius 1 is 1.33 bits per heavy atom. The molecule has 0 fully saturated rings. The normalized spacial score (nSPS) is 12.1. The number of hydrogen-bond acceptors (Lipinski definition) is 3. The van der Waals surface area contributed by atoms with Gasteiger partial charge in [-0.05, 0) is 12.5 Å². The van der Waals surface area contributed by atoms with Gasteiger partial charge in [0, 0.05) is 21.6 Å². The van der Waals surface area contributed by atoms with E-state index in [0.29, 0.717) is 17.6 Å². The van der Waals surface area contributed by atoms with Crippen LogP contribution in [0.1, 0.15) is 12.5 Å². The van der Waals surface area contributed by atoms with Crippen LogP contribution in [0.25, 0.3) is 11.0 Å². The van der Waals surface area contributed by atoms with Gasteiger partial charge in [0.25, 0.3) is 9.05 Å². The van der Waals surface area contributed by atoms with Gasteiger partial charge in [-0.3, -0.25) is 0 Å². The van der Waals surface area contributed by atoms with Crippen LogP contribution in [0.4, 0.5) is 0 Å². The Labute approximate surface area is 92.1 Å². The fourth-order valence-electron chi connectivity index (χ4n) is 1.61. The molecule has 15 heavy (non-hydrogen) atoms. The standard InChI is InChI=1S/C10H9ClO3S/c1-2-7-8-5-3-4-6-9(8)14-10(7)15(11,12)13/h3-6H,2H2,1H3. The summed E-state index contributed by atoms with van der Waals surface area (Å²) in [6.07, 6.45) is 0.568. The SMILES string of the molecule is CCc1c(S(=O)(=O)Cl)oc2ccccc12. The average molecular weight is 245 g/mol. The fraction of sp³-hybridized carbons (Fsp3) is 0.200. The van der Waals surface area contributed by atoms with Gasteiger partial charge in [0.1, 0.15) is 5.58 Å². The highest BCUT2D eigenvalue weighted by molar-refractivity contribution is 8.13. The molecule has 0 saturated carbocycles. The molecule has 3 nitrogen and oxygen atoms in total. The molecule has 1 heterocycles. The molecule has 0 saturated heterocycles. The van der Waals surface area contributed by atoms with E-state index in [-0.39, 0.29) is 5.09 Å². The van der Waals surface area contributed by atoms with E-state index in [1.165, 1.54) is 0 Å². The first-order valence-corrected chi connectivity index (χ1v) is 6.80. The smallest absolute Gasteiger partial charge is 0.294 e. The maximum atomic E-state index is 11.3. The van der Waals surface area contributed by atoms with Crippen LogP contribution in [0, 0.1) is 0 Å². The molecular weight excluding hydrogens is 236 g/mol. The van der Waals surface area contributed by atoms with Crippen molar-refractivity contribution in [2.24, 2.45) is 0 Å². The monoisotopic (exact) mass is 244 g/mol. The summed E-state index contributed by atoms with van der Waals surface area (Å²) in [6.45, 7) is 1.86. The van der Waals surface area contributed by atoms with E-state index in [4.69, 9.17) is 15.1 Å². The summed E-state index contributed by atoms with van der Waals surface area (Å²) in [5.74, 6) is 0. The third kappa shape index (κ3) is 1.75. The summed E-state index contributed by atoms with van der Waals surface area (Å²) in [5.41, 5.74) is 1.19. The van der Waals surface area contributed by atoms with E-state index in [2.05, 4.69) is 0 Å². The number of para-hydroxylation sites is 1. The lowest BCUT2D eigenvalue weighted by Crippen LogP contribution is -1.92. The maximum absolute atomic E-state index is 11.3. The predicted molar refractivity (Wildman–Crippen MR) is 58.6 cm³/mol. The van der Waals surface area contributed by atoms with Crippen LogP contribution in [0.5, 0.6) is 0 Å². The van der Waals surface area contributed by atoms with Crippen LogP contribution in [0.3, 0.4) is 0 Å². The van der Waals surface area contributed by atoms with Crippen LogP contribution in [0.15, 0.2) is 33.8 Å². The fourth-order valence-corrected chi connectivity index (χ4v) is 2.72. The van der Waals surface area contributed by atoms with Crippen molar-refractivity contribution in [3.05, 3.63) is 29.8 Å². The lowest BCUT2D eigenvalue weighted by Gasteiger charge is -1.94. The second kappa shape index (κ2) is 3.54. The number of hydrogen-bond donors (Lipinski definition) is 0. The molecule has 2 aromatic rings. The van der Waals surface area contributed by atoms with Crippen molar-refractivity contribution in [3.8, 4) is 0 Å². The van der Waals surface area contributed by atoms with Gasteiger partial charge in [-0.15, -0.1) is 0 Å². The second-order valence-electron chi connectivity index (χ2n) is 3.16. The molecule has 0 spiro atoms. The maximum Gasteiger partial charge on any atom is 0.294 e. The van der Waals surface area contributed by atoms with Crippen molar-refractivity contribution in [1.29, 1.82) is 0 Å². The number of benzene rings is 1. The molecule has 80 valence electrons. The van der Waals surface area contributed by atoms with E-state index in [1.54, 1.807) is 12.1 Å². The van der Waals surface area contributed by atoms with Gasteiger partial charge in [0.05, 0.1) is 0 Å². The Bertz CT molecular complexity index is 598. The molecule has 1 aromatic carbocycles. The molecule has 0 amide bonds. The van der Waals surface area contributed by atoms with Crippen LogP contribution in [-0.2, 0) is 15.5 Å². The van der Waals surface area contributed by atoms with Gasteiger partial charge in [-0.25, -0.2) is 8.42 Å². The van der Waals surface area contributed by atoms with Crippen LogP contribution >= 0.6 is 10.7 Å².